The minimum atomic E-state index is 0.304. The number of aldehydes is 1. The SMILES string of the molecule is COc1cccc(C=O)c1OCCCCN1C[C@H](C)O[C@@H](C)C1. The molecule has 0 unspecified atom stereocenters. The van der Waals surface area contributed by atoms with Crippen LogP contribution in [0, 0.1) is 0 Å². The monoisotopic (exact) mass is 321 g/mol. The highest BCUT2D eigenvalue weighted by Gasteiger charge is 2.21. The standard InChI is InChI=1S/C18H27NO4/c1-14-11-19(12-15(2)23-14)9-4-5-10-22-18-16(13-20)7-6-8-17(18)21-3/h6-8,13-15H,4-5,9-12H2,1-3H3/t14-,15-/m0/s1. The molecule has 0 saturated carbocycles. The number of carbonyl (C=O) groups is 1. The Morgan fingerprint density at radius 1 is 1.26 bits per heavy atom. The van der Waals surface area contributed by atoms with E-state index in [0.29, 0.717) is 35.9 Å². The summed E-state index contributed by atoms with van der Waals surface area (Å²) in [7, 11) is 1.58. The molecule has 2 rings (SSSR count). The molecule has 0 radical (unpaired) electrons. The van der Waals surface area contributed by atoms with Crippen LogP contribution in [0.5, 0.6) is 11.5 Å². The quantitative estimate of drug-likeness (QED) is 0.544. The second-order valence-corrected chi connectivity index (χ2v) is 6.07. The number of morpholine rings is 1. The van der Waals surface area contributed by atoms with Crippen molar-refractivity contribution in [3.05, 3.63) is 23.8 Å². The van der Waals surface area contributed by atoms with E-state index < -0.39 is 0 Å². The number of benzene rings is 1. The van der Waals surface area contributed by atoms with Crippen LogP contribution in [0.3, 0.4) is 0 Å². The fourth-order valence-corrected chi connectivity index (χ4v) is 3.02. The molecule has 2 atom stereocenters. The molecule has 1 saturated heterocycles. The number of ether oxygens (including phenoxy) is 3. The molecule has 0 spiro atoms. The Hall–Kier alpha value is -1.59. The zero-order valence-electron chi connectivity index (χ0n) is 14.3. The minimum Gasteiger partial charge on any atom is -0.493 e. The number of nitrogens with zero attached hydrogens (tertiary/aromatic N) is 1. The number of hydrogen-bond donors (Lipinski definition) is 0. The molecule has 0 amide bonds. The molecule has 1 aromatic carbocycles. The maximum absolute atomic E-state index is 11.1. The first-order valence-corrected chi connectivity index (χ1v) is 8.26. The van der Waals surface area contributed by atoms with Gasteiger partial charge in [-0.1, -0.05) is 6.07 Å². The van der Waals surface area contributed by atoms with Gasteiger partial charge in [0.05, 0.1) is 31.5 Å². The Kier molecular flexibility index (Phi) is 6.86. The van der Waals surface area contributed by atoms with E-state index in [4.69, 9.17) is 14.2 Å². The number of para-hydroxylation sites is 1. The van der Waals surface area contributed by atoms with E-state index in [-0.39, 0.29) is 0 Å². The maximum atomic E-state index is 11.1. The summed E-state index contributed by atoms with van der Waals surface area (Å²) in [6.45, 7) is 7.85. The molecule has 1 aliphatic heterocycles. The summed E-state index contributed by atoms with van der Waals surface area (Å²) >= 11 is 0. The molecule has 0 N–H and O–H groups in total. The first kappa shape index (κ1) is 17.8. The van der Waals surface area contributed by atoms with Gasteiger partial charge in [-0.2, -0.15) is 0 Å². The third-order valence-electron chi connectivity index (χ3n) is 3.97. The van der Waals surface area contributed by atoms with Crippen LogP contribution in [0.4, 0.5) is 0 Å². The number of hydrogen-bond acceptors (Lipinski definition) is 5. The molecule has 0 aromatic heterocycles. The highest BCUT2D eigenvalue weighted by atomic mass is 16.5. The number of methoxy groups -OCH3 is 1. The molecule has 1 aliphatic rings. The highest BCUT2D eigenvalue weighted by molar-refractivity contribution is 5.81. The van der Waals surface area contributed by atoms with Crippen molar-refractivity contribution >= 4 is 6.29 Å². The Morgan fingerprint density at radius 3 is 2.65 bits per heavy atom. The van der Waals surface area contributed by atoms with Crippen LogP contribution < -0.4 is 9.47 Å². The summed E-state index contributed by atoms with van der Waals surface area (Å²) in [4.78, 5) is 13.5. The normalized spacial score (nSPS) is 21.9. The molecule has 5 nitrogen and oxygen atoms in total. The summed E-state index contributed by atoms with van der Waals surface area (Å²) in [6.07, 6.45) is 3.41. The molecule has 128 valence electrons. The predicted octanol–water partition coefficient (Wildman–Crippen LogP) is 2.78. The smallest absolute Gasteiger partial charge is 0.171 e. The van der Waals surface area contributed by atoms with Crippen molar-refractivity contribution in [1.29, 1.82) is 0 Å². The third-order valence-corrected chi connectivity index (χ3v) is 3.97. The van der Waals surface area contributed by atoms with Crippen LogP contribution in [-0.2, 0) is 4.74 Å². The van der Waals surface area contributed by atoms with Gasteiger partial charge in [0.1, 0.15) is 0 Å². The van der Waals surface area contributed by atoms with Gasteiger partial charge in [0.25, 0.3) is 0 Å². The fourth-order valence-electron chi connectivity index (χ4n) is 3.02. The average Bonchev–Trinajstić information content (AvgIpc) is 2.53. The first-order chi connectivity index (χ1) is 11.1. The lowest BCUT2D eigenvalue weighted by Gasteiger charge is -2.35. The van der Waals surface area contributed by atoms with E-state index in [1.807, 2.05) is 0 Å². The number of rotatable bonds is 8. The van der Waals surface area contributed by atoms with Crippen molar-refractivity contribution in [1.82, 2.24) is 4.90 Å². The highest BCUT2D eigenvalue weighted by Crippen LogP contribution is 2.30. The summed E-state index contributed by atoms with van der Waals surface area (Å²) in [5.41, 5.74) is 0.528. The van der Waals surface area contributed by atoms with Crippen molar-refractivity contribution in [3.8, 4) is 11.5 Å². The zero-order chi connectivity index (χ0) is 16.7. The fraction of sp³-hybridized carbons (Fsp3) is 0.611. The summed E-state index contributed by atoms with van der Waals surface area (Å²) < 4.78 is 16.8. The Balaban J connectivity index is 1.74. The van der Waals surface area contributed by atoms with Gasteiger partial charge in [-0.05, 0) is 45.4 Å². The van der Waals surface area contributed by atoms with Gasteiger partial charge in [-0.3, -0.25) is 9.69 Å². The van der Waals surface area contributed by atoms with Crippen LogP contribution in [0.2, 0.25) is 0 Å². The van der Waals surface area contributed by atoms with Gasteiger partial charge >= 0.3 is 0 Å². The van der Waals surface area contributed by atoms with Gasteiger partial charge in [0.2, 0.25) is 0 Å². The Labute approximate surface area is 138 Å². The van der Waals surface area contributed by atoms with Crippen molar-refractivity contribution in [2.75, 3.05) is 33.4 Å². The topological polar surface area (TPSA) is 48.0 Å². The van der Waals surface area contributed by atoms with Crippen molar-refractivity contribution < 1.29 is 19.0 Å². The lowest BCUT2D eigenvalue weighted by Crippen LogP contribution is -2.45. The zero-order valence-corrected chi connectivity index (χ0v) is 14.3. The van der Waals surface area contributed by atoms with Gasteiger partial charge in [-0.25, -0.2) is 0 Å². The van der Waals surface area contributed by atoms with E-state index in [9.17, 15) is 4.79 Å². The summed E-state index contributed by atoms with van der Waals surface area (Å²) in [6, 6.07) is 5.33. The molecule has 0 aliphatic carbocycles. The van der Waals surface area contributed by atoms with Crippen LogP contribution >= 0.6 is 0 Å². The van der Waals surface area contributed by atoms with E-state index in [0.717, 1.165) is 38.8 Å². The van der Waals surface area contributed by atoms with E-state index in [1.54, 1.807) is 25.3 Å². The number of unbranched alkanes of at least 4 members (excludes halogenated alkanes) is 1. The average molecular weight is 321 g/mol. The van der Waals surface area contributed by atoms with Gasteiger partial charge in [-0.15, -0.1) is 0 Å². The molecule has 5 heteroatoms. The minimum absolute atomic E-state index is 0.304. The second-order valence-electron chi connectivity index (χ2n) is 6.07. The molecule has 1 heterocycles. The molecule has 23 heavy (non-hydrogen) atoms. The molecule has 1 fully saturated rings. The molecular weight excluding hydrogens is 294 g/mol. The predicted molar refractivity (Wildman–Crippen MR) is 89.6 cm³/mol. The van der Waals surface area contributed by atoms with Gasteiger partial charge in [0.15, 0.2) is 17.8 Å². The Bertz CT molecular complexity index is 496. The summed E-state index contributed by atoms with van der Waals surface area (Å²) in [5.74, 6) is 1.14. The van der Waals surface area contributed by atoms with E-state index in [2.05, 4.69) is 18.7 Å². The molecular formula is C18H27NO4. The molecule has 1 aromatic rings. The van der Waals surface area contributed by atoms with Gasteiger partial charge < -0.3 is 14.2 Å². The third kappa shape index (κ3) is 5.22. The number of carbonyl (C=O) groups excluding carboxylic acids is 1. The van der Waals surface area contributed by atoms with Crippen molar-refractivity contribution in [2.24, 2.45) is 0 Å². The van der Waals surface area contributed by atoms with Crippen LogP contribution in [0.1, 0.15) is 37.0 Å². The van der Waals surface area contributed by atoms with E-state index in [1.165, 1.54) is 0 Å². The van der Waals surface area contributed by atoms with Crippen LogP contribution in [0.25, 0.3) is 0 Å². The second kappa shape index (κ2) is 8.89. The lowest BCUT2D eigenvalue weighted by atomic mass is 10.2. The van der Waals surface area contributed by atoms with Crippen molar-refractivity contribution in [2.45, 2.75) is 38.9 Å². The largest absolute Gasteiger partial charge is 0.493 e. The lowest BCUT2D eigenvalue weighted by molar-refractivity contribution is -0.0682. The molecule has 0 bridgehead atoms. The first-order valence-electron chi connectivity index (χ1n) is 8.26. The summed E-state index contributed by atoms with van der Waals surface area (Å²) in [5, 5.41) is 0. The van der Waals surface area contributed by atoms with Crippen LogP contribution in [-0.4, -0.2) is 56.7 Å². The maximum Gasteiger partial charge on any atom is 0.171 e. The van der Waals surface area contributed by atoms with Crippen molar-refractivity contribution in [3.63, 3.8) is 0 Å². The Morgan fingerprint density at radius 2 is 2.00 bits per heavy atom. The van der Waals surface area contributed by atoms with Gasteiger partial charge in [0, 0.05) is 13.1 Å². The van der Waals surface area contributed by atoms with E-state index >= 15 is 0 Å². The van der Waals surface area contributed by atoms with Crippen LogP contribution in [0.15, 0.2) is 18.2 Å².